The van der Waals surface area contributed by atoms with Crippen LogP contribution in [0.3, 0.4) is 0 Å². The van der Waals surface area contributed by atoms with Gasteiger partial charge in [0.1, 0.15) is 11.8 Å². The molecule has 7 nitrogen and oxygen atoms in total. The van der Waals surface area contributed by atoms with Gasteiger partial charge in [0.05, 0.1) is 18.6 Å². The van der Waals surface area contributed by atoms with Gasteiger partial charge in [-0.3, -0.25) is 5.10 Å². The first-order valence-corrected chi connectivity index (χ1v) is 5.58. The molecule has 3 rings (SSSR count). The number of aromatic amines is 1. The first-order chi connectivity index (χ1) is 8.66. The molecule has 0 aliphatic heterocycles. The average Bonchev–Trinajstić information content (AvgIpc) is 2.89. The number of rotatable bonds is 2. The number of imidazole rings is 1. The van der Waals surface area contributed by atoms with Crippen LogP contribution < -0.4 is 5.73 Å². The van der Waals surface area contributed by atoms with Gasteiger partial charge in [-0.1, -0.05) is 0 Å². The fourth-order valence-electron chi connectivity index (χ4n) is 1.99. The number of nitrogens with one attached hydrogen (secondary N) is 1. The number of aromatic nitrogens is 6. The Kier molecular flexibility index (Phi) is 2.26. The highest BCUT2D eigenvalue weighted by Gasteiger charge is 2.11. The molecule has 3 aromatic heterocycles. The number of nitrogen functional groups attached to an aromatic ring is 1. The molecule has 0 radical (unpaired) electrons. The predicted octanol–water partition coefficient (Wildman–Crippen LogP) is 0.797. The van der Waals surface area contributed by atoms with Crippen LogP contribution in [0.5, 0.6) is 0 Å². The largest absolute Gasteiger partial charge is 0.382 e. The van der Waals surface area contributed by atoms with Crippen molar-refractivity contribution < 1.29 is 0 Å². The van der Waals surface area contributed by atoms with E-state index >= 15 is 0 Å². The van der Waals surface area contributed by atoms with Gasteiger partial charge in [-0.15, -0.1) is 0 Å². The van der Waals surface area contributed by atoms with Crippen molar-refractivity contribution in [2.45, 2.75) is 20.4 Å². The van der Waals surface area contributed by atoms with Crippen molar-refractivity contribution in [2.75, 3.05) is 5.73 Å². The Labute approximate surface area is 103 Å². The van der Waals surface area contributed by atoms with Gasteiger partial charge in [-0.2, -0.15) is 5.10 Å². The minimum absolute atomic E-state index is 0.402. The first-order valence-electron chi connectivity index (χ1n) is 5.58. The molecule has 7 heteroatoms. The summed E-state index contributed by atoms with van der Waals surface area (Å²) in [4.78, 5) is 12.4. The topological polar surface area (TPSA) is 98.3 Å². The number of nitrogens with zero attached hydrogens (tertiary/aromatic N) is 5. The van der Waals surface area contributed by atoms with Gasteiger partial charge in [-0.05, 0) is 13.8 Å². The molecule has 92 valence electrons. The number of hydrogen-bond donors (Lipinski definition) is 2. The van der Waals surface area contributed by atoms with E-state index in [-0.39, 0.29) is 0 Å². The molecule has 0 aliphatic rings. The maximum atomic E-state index is 5.76. The second kappa shape index (κ2) is 3.80. The van der Waals surface area contributed by atoms with E-state index in [1.165, 1.54) is 6.33 Å². The van der Waals surface area contributed by atoms with Crippen molar-refractivity contribution in [3.8, 4) is 0 Å². The van der Waals surface area contributed by atoms with Crippen molar-refractivity contribution in [1.82, 2.24) is 29.7 Å². The van der Waals surface area contributed by atoms with E-state index in [4.69, 9.17) is 5.73 Å². The highest BCUT2D eigenvalue weighted by atomic mass is 15.2. The lowest BCUT2D eigenvalue weighted by Crippen LogP contribution is -2.02. The molecule has 0 saturated heterocycles. The zero-order valence-electron chi connectivity index (χ0n) is 10.2. The molecule has 3 heterocycles. The van der Waals surface area contributed by atoms with E-state index < -0.39 is 0 Å². The minimum atomic E-state index is 0.402. The number of aryl methyl sites for hydroxylation is 2. The predicted molar refractivity (Wildman–Crippen MR) is 66.9 cm³/mol. The molecule has 0 unspecified atom stereocenters. The van der Waals surface area contributed by atoms with Crippen LogP contribution in [0.15, 0.2) is 12.7 Å². The molecule has 0 fully saturated rings. The molecular formula is C11H13N7. The Hall–Kier alpha value is -2.44. The number of anilines is 1. The van der Waals surface area contributed by atoms with Crippen molar-refractivity contribution in [3.63, 3.8) is 0 Å². The monoisotopic (exact) mass is 243 g/mol. The number of nitrogens with two attached hydrogens (primary N) is 1. The summed E-state index contributed by atoms with van der Waals surface area (Å²) < 4.78 is 1.94. The average molecular weight is 243 g/mol. The van der Waals surface area contributed by atoms with E-state index in [1.54, 1.807) is 6.33 Å². The van der Waals surface area contributed by atoms with Gasteiger partial charge in [0.15, 0.2) is 11.5 Å². The maximum absolute atomic E-state index is 5.76. The Morgan fingerprint density at radius 1 is 1.28 bits per heavy atom. The molecule has 18 heavy (non-hydrogen) atoms. The fourth-order valence-corrected chi connectivity index (χ4v) is 1.99. The Bertz CT molecular complexity index is 690. The van der Waals surface area contributed by atoms with Gasteiger partial charge >= 0.3 is 0 Å². The number of fused-ring (bicyclic) bond motifs is 1. The third-order valence-corrected chi connectivity index (χ3v) is 3.04. The van der Waals surface area contributed by atoms with Crippen molar-refractivity contribution >= 4 is 17.0 Å². The van der Waals surface area contributed by atoms with Crippen molar-refractivity contribution in [2.24, 2.45) is 0 Å². The molecule has 0 aromatic carbocycles. The van der Waals surface area contributed by atoms with Crippen LogP contribution in [0.4, 0.5) is 5.82 Å². The van der Waals surface area contributed by atoms with Crippen LogP contribution in [-0.2, 0) is 6.54 Å². The summed E-state index contributed by atoms with van der Waals surface area (Å²) in [5, 5.41) is 7.15. The molecule has 0 saturated carbocycles. The molecule has 0 amide bonds. The van der Waals surface area contributed by atoms with Gasteiger partial charge in [-0.25, -0.2) is 15.0 Å². The van der Waals surface area contributed by atoms with Crippen LogP contribution in [0, 0.1) is 13.8 Å². The van der Waals surface area contributed by atoms with E-state index in [1.807, 2.05) is 18.4 Å². The van der Waals surface area contributed by atoms with Crippen LogP contribution in [0.1, 0.15) is 17.0 Å². The SMILES string of the molecule is Cc1n[nH]c(C)c1Cn1cnc2c(N)ncnc21. The van der Waals surface area contributed by atoms with Crippen LogP contribution in [0.2, 0.25) is 0 Å². The van der Waals surface area contributed by atoms with Crippen molar-refractivity contribution in [3.05, 3.63) is 29.6 Å². The summed E-state index contributed by atoms with van der Waals surface area (Å²) in [5.74, 6) is 0.402. The molecule has 3 N–H and O–H groups in total. The molecule has 0 aliphatic carbocycles. The Morgan fingerprint density at radius 3 is 2.83 bits per heavy atom. The van der Waals surface area contributed by atoms with E-state index in [2.05, 4.69) is 25.1 Å². The summed E-state index contributed by atoms with van der Waals surface area (Å²) in [6, 6.07) is 0. The highest BCUT2D eigenvalue weighted by molar-refractivity contribution is 5.81. The quantitative estimate of drug-likeness (QED) is 0.693. The smallest absolute Gasteiger partial charge is 0.165 e. The van der Waals surface area contributed by atoms with Crippen molar-refractivity contribution in [1.29, 1.82) is 0 Å². The number of H-pyrrole nitrogens is 1. The zero-order valence-corrected chi connectivity index (χ0v) is 10.2. The Morgan fingerprint density at radius 2 is 2.11 bits per heavy atom. The third-order valence-electron chi connectivity index (χ3n) is 3.04. The molecule has 3 aromatic rings. The van der Waals surface area contributed by atoms with Crippen LogP contribution >= 0.6 is 0 Å². The second-order valence-corrected chi connectivity index (χ2v) is 4.22. The first kappa shape index (κ1) is 10.7. The zero-order chi connectivity index (χ0) is 12.7. The lowest BCUT2D eigenvalue weighted by molar-refractivity contribution is 0.803. The van der Waals surface area contributed by atoms with Crippen LogP contribution in [-0.4, -0.2) is 29.7 Å². The van der Waals surface area contributed by atoms with Gasteiger partial charge in [0.2, 0.25) is 0 Å². The molecular weight excluding hydrogens is 230 g/mol. The molecule has 0 atom stereocenters. The maximum Gasteiger partial charge on any atom is 0.165 e. The van der Waals surface area contributed by atoms with E-state index in [0.717, 1.165) is 22.6 Å². The summed E-state index contributed by atoms with van der Waals surface area (Å²) in [6.07, 6.45) is 3.17. The van der Waals surface area contributed by atoms with Gasteiger partial charge in [0, 0.05) is 11.3 Å². The Balaban J connectivity index is 2.09. The summed E-state index contributed by atoms with van der Waals surface area (Å²) >= 11 is 0. The normalized spacial score (nSPS) is 11.2. The van der Waals surface area contributed by atoms with Gasteiger partial charge in [0.25, 0.3) is 0 Å². The highest BCUT2D eigenvalue weighted by Crippen LogP contribution is 2.17. The number of hydrogen-bond acceptors (Lipinski definition) is 5. The minimum Gasteiger partial charge on any atom is -0.382 e. The summed E-state index contributed by atoms with van der Waals surface area (Å²) in [7, 11) is 0. The fraction of sp³-hybridized carbons (Fsp3) is 0.273. The third kappa shape index (κ3) is 1.52. The summed E-state index contributed by atoms with van der Waals surface area (Å²) in [6.45, 7) is 4.64. The van der Waals surface area contributed by atoms with E-state index in [9.17, 15) is 0 Å². The molecule has 0 spiro atoms. The second-order valence-electron chi connectivity index (χ2n) is 4.22. The molecule has 0 bridgehead atoms. The standard InChI is InChI=1S/C11H13N7/c1-6-8(7(2)17-16-6)3-18-5-15-9-10(12)13-4-14-11(9)18/h4-5H,3H2,1-2H3,(H,16,17)(H2,12,13,14). The van der Waals surface area contributed by atoms with E-state index in [0.29, 0.717) is 17.9 Å². The van der Waals surface area contributed by atoms with Gasteiger partial charge < -0.3 is 10.3 Å². The lowest BCUT2D eigenvalue weighted by Gasteiger charge is -2.04. The lowest BCUT2D eigenvalue weighted by atomic mass is 10.2. The summed E-state index contributed by atoms with van der Waals surface area (Å²) in [5.41, 5.74) is 10.3. The van der Waals surface area contributed by atoms with Crippen LogP contribution in [0.25, 0.3) is 11.2 Å².